The molecular weight excluding hydrogens is 208 g/mol. The topological polar surface area (TPSA) is 34.1 Å². The van der Waals surface area contributed by atoms with Crippen molar-refractivity contribution in [3.05, 3.63) is 16.1 Å². The average Bonchev–Trinajstić information content (AvgIpc) is 2.68. The van der Waals surface area contributed by atoms with Crippen molar-refractivity contribution in [2.75, 3.05) is 19.8 Å². The number of ether oxygens (including phenoxy) is 1. The molecule has 0 amide bonds. The summed E-state index contributed by atoms with van der Waals surface area (Å²) in [7, 11) is 0. The monoisotopic (exact) mass is 226 g/mol. The van der Waals surface area contributed by atoms with Gasteiger partial charge in [-0.15, -0.1) is 11.3 Å². The van der Waals surface area contributed by atoms with Crippen LogP contribution < -0.4 is 5.32 Å². The van der Waals surface area contributed by atoms with Gasteiger partial charge in [-0.1, -0.05) is 13.3 Å². The Bertz CT molecular complexity index is 295. The van der Waals surface area contributed by atoms with Gasteiger partial charge in [0.2, 0.25) is 0 Å². The van der Waals surface area contributed by atoms with E-state index in [1.807, 2.05) is 0 Å². The summed E-state index contributed by atoms with van der Waals surface area (Å²) in [5.74, 6) is 0. The number of rotatable bonds is 4. The van der Waals surface area contributed by atoms with Crippen LogP contribution in [0.1, 0.15) is 24.0 Å². The molecule has 1 aliphatic heterocycles. The predicted octanol–water partition coefficient (Wildman–Crippen LogP) is 1.63. The Hall–Kier alpha value is -0.450. The van der Waals surface area contributed by atoms with E-state index < -0.39 is 0 Å². The Labute approximate surface area is 94.9 Å². The molecule has 1 aliphatic rings. The molecule has 84 valence electrons. The summed E-state index contributed by atoms with van der Waals surface area (Å²) in [4.78, 5) is 4.62. The van der Waals surface area contributed by atoms with Crippen LogP contribution in [0.15, 0.2) is 5.38 Å². The third-order valence-corrected chi connectivity index (χ3v) is 3.44. The Balaban J connectivity index is 1.86. The van der Waals surface area contributed by atoms with Gasteiger partial charge in [-0.05, 0) is 6.42 Å². The molecule has 0 saturated carbocycles. The summed E-state index contributed by atoms with van der Waals surface area (Å²) in [5, 5.41) is 6.87. The summed E-state index contributed by atoms with van der Waals surface area (Å²) in [6.07, 6.45) is 3.29. The van der Waals surface area contributed by atoms with Crippen molar-refractivity contribution in [3.8, 4) is 0 Å². The molecular formula is C11H18N2OS. The van der Waals surface area contributed by atoms with E-state index in [9.17, 15) is 0 Å². The first kappa shape index (κ1) is 11.0. The molecule has 3 nitrogen and oxygen atoms in total. The van der Waals surface area contributed by atoms with Crippen LogP contribution in [-0.2, 0) is 17.6 Å². The third-order valence-electron chi connectivity index (χ3n) is 2.52. The summed E-state index contributed by atoms with van der Waals surface area (Å²) < 4.78 is 5.42. The molecule has 1 saturated heterocycles. The highest BCUT2D eigenvalue weighted by Crippen LogP contribution is 2.14. The SMILES string of the molecule is CCCc1csc(CC2COCCN2)n1. The lowest BCUT2D eigenvalue weighted by Crippen LogP contribution is -2.42. The molecule has 0 aromatic carbocycles. The molecule has 4 heteroatoms. The van der Waals surface area contributed by atoms with Gasteiger partial charge in [0.1, 0.15) is 0 Å². The standard InChI is InChI=1S/C11H18N2OS/c1-2-3-9-8-15-11(13-9)6-10-7-14-5-4-12-10/h8,10,12H,2-7H2,1H3. The van der Waals surface area contributed by atoms with Gasteiger partial charge in [-0.2, -0.15) is 0 Å². The van der Waals surface area contributed by atoms with E-state index in [1.54, 1.807) is 11.3 Å². The van der Waals surface area contributed by atoms with Gasteiger partial charge in [-0.25, -0.2) is 4.98 Å². The fraction of sp³-hybridized carbons (Fsp3) is 0.727. The van der Waals surface area contributed by atoms with Crippen LogP contribution in [0.5, 0.6) is 0 Å². The number of nitrogens with zero attached hydrogens (tertiary/aromatic N) is 1. The first-order chi connectivity index (χ1) is 7.38. The van der Waals surface area contributed by atoms with Crippen LogP contribution in [0, 0.1) is 0 Å². The lowest BCUT2D eigenvalue weighted by Gasteiger charge is -2.22. The van der Waals surface area contributed by atoms with Crippen LogP contribution in [0.3, 0.4) is 0 Å². The first-order valence-electron chi connectivity index (χ1n) is 5.63. The fourth-order valence-corrected chi connectivity index (χ4v) is 2.69. The minimum Gasteiger partial charge on any atom is -0.379 e. The molecule has 1 fully saturated rings. The van der Waals surface area contributed by atoms with E-state index in [0.717, 1.165) is 32.6 Å². The first-order valence-corrected chi connectivity index (χ1v) is 6.51. The zero-order chi connectivity index (χ0) is 10.5. The second-order valence-electron chi connectivity index (χ2n) is 3.91. The maximum atomic E-state index is 5.42. The molecule has 1 aromatic heterocycles. The molecule has 0 radical (unpaired) electrons. The van der Waals surface area contributed by atoms with E-state index in [2.05, 4.69) is 22.6 Å². The number of aromatic nitrogens is 1. The molecule has 0 aliphatic carbocycles. The van der Waals surface area contributed by atoms with Crippen molar-refractivity contribution in [3.63, 3.8) is 0 Å². The van der Waals surface area contributed by atoms with Crippen molar-refractivity contribution >= 4 is 11.3 Å². The van der Waals surface area contributed by atoms with E-state index in [0.29, 0.717) is 6.04 Å². The molecule has 15 heavy (non-hydrogen) atoms. The van der Waals surface area contributed by atoms with Crippen LogP contribution in [0.2, 0.25) is 0 Å². The maximum Gasteiger partial charge on any atom is 0.0944 e. The van der Waals surface area contributed by atoms with Crippen LogP contribution in [0.4, 0.5) is 0 Å². The van der Waals surface area contributed by atoms with Gasteiger partial charge in [-0.3, -0.25) is 0 Å². The second kappa shape index (κ2) is 5.58. The zero-order valence-electron chi connectivity index (χ0n) is 9.16. The predicted molar refractivity (Wildman–Crippen MR) is 62.4 cm³/mol. The maximum absolute atomic E-state index is 5.42. The van der Waals surface area contributed by atoms with E-state index in [-0.39, 0.29) is 0 Å². The Morgan fingerprint density at radius 2 is 2.60 bits per heavy atom. The number of thiazole rings is 1. The van der Waals surface area contributed by atoms with E-state index in [1.165, 1.54) is 17.1 Å². The number of nitrogens with one attached hydrogen (secondary N) is 1. The van der Waals surface area contributed by atoms with E-state index in [4.69, 9.17) is 4.74 Å². The fourth-order valence-electron chi connectivity index (χ4n) is 1.78. The molecule has 0 bridgehead atoms. The van der Waals surface area contributed by atoms with Crippen LogP contribution in [0.25, 0.3) is 0 Å². The molecule has 0 spiro atoms. The smallest absolute Gasteiger partial charge is 0.0944 e. The molecule has 1 N–H and O–H groups in total. The normalized spacial score (nSPS) is 21.8. The molecule has 1 unspecified atom stereocenters. The van der Waals surface area contributed by atoms with Gasteiger partial charge >= 0.3 is 0 Å². The quantitative estimate of drug-likeness (QED) is 0.847. The molecule has 1 aromatic rings. The van der Waals surface area contributed by atoms with E-state index >= 15 is 0 Å². The van der Waals surface area contributed by atoms with Crippen molar-refractivity contribution in [1.82, 2.24) is 10.3 Å². The highest BCUT2D eigenvalue weighted by atomic mass is 32.1. The minimum atomic E-state index is 0.458. The Morgan fingerprint density at radius 3 is 3.33 bits per heavy atom. The lowest BCUT2D eigenvalue weighted by molar-refractivity contribution is 0.0770. The van der Waals surface area contributed by atoms with Gasteiger partial charge in [0.25, 0.3) is 0 Å². The summed E-state index contributed by atoms with van der Waals surface area (Å²) in [6, 6.07) is 0.458. The third kappa shape index (κ3) is 3.26. The second-order valence-corrected chi connectivity index (χ2v) is 4.86. The van der Waals surface area contributed by atoms with Crippen molar-refractivity contribution in [1.29, 1.82) is 0 Å². The van der Waals surface area contributed by atoms with Crippen molar-refractivity contribution in [2.45, 2.75) is 32.2 Å². The average molecular weight is 226 g/mol. The molecule has 2 heterocycles. The summed E-state index contributed by atoms with van der Waals surface area (Å²) in [5.41, 5.74) is 1.24. The van der Waals surface area contributed by atoms with Gasteiger partial charge in [0.05, 0.1) is 23.9 Å². The summed E-state index contributed by atoms with van der Waals surface area (Å²) in [6.45, 7) is 4.82. The van der Waals surface area contributed by atoms with Crippen molar-refractivity contribution in [2.24, 2.45) is 0 Å². The van der Waals surface area contributed by atoms with Gasteiger partial charge < -0.3 is 10.1 Å². The van der Waals surface area contributed by atoms with Gasteiger partial charge in [0, 0.05) is 24.4 Å². The number of morpholine rings is 1. The number of hydrogen-bond acceptors (Lipinski definition) is 4. The Kier molecular flexibility index (Phi) is 4.11. The lowest BCUT2D eigenvalue weighted by atomic mass is 10.2. The zero-order valence-corrected chi connectivity index (χ0v) is 9.98. The van der Waals surface area contributed by atoms with Crippen LogP contribution >= 0.6 is 11.3 Å². The molecule has 1 atom stereocenters. The van der Waals surface area contributed by atoms with Gasteiger partial charge in [0.15, 0.2) is 0 Å². The van der Waals surface area contributed by atoms with Crippen LogP contribution in [-0.4, -0.2) is 30.8 Å². The van der Waals surface area contributed by atoms with Crippen molar-refractivity contribution < 1.29 is 4.74 Å². The minimum absolute atomic E-state index is 0.458. The number of aryl methyl sites for hydroxylation is 1. The summed E-state index contributed by atoms with van der Waals surface area (Å²) >= 11 is 1.78. The highest BCUT2D eigenvalue weighted by Gasteiger charge is 2.15. The Morgan fingerprint density at radius 1 is 1.67 bits per heavy atom. The largest absolute Gasteiger partial charge is 0.379 e. The number of hydrogen-bond donors (Lipinski definition) is 1. The molecule has 2 rings (SSSR count). The highest BCUT2D eigenvalue weighted by molar-refractivity contribution is 7.09.